The molecule has 0 radical (unpaired) electrons. The average Bonchev–Trinajstić information content (AvgIpc) is 2.08. The van der Waals surface area contributed by atoms with Gasteiger partial charge in [0.1, 0.15) is 5.75 Å². The summed E-state index contributed by atoms with van der Waals surface area (Å²) in [5.41, 5.74) is 5.17. The van der Waals surface area contributed by atoms with E-state index in [4.69, 9.17) is 10.8 Å². The third kappa shape index (κ3) is 11.9. The van der Waals surface area contributed by atoms with Crippen molar-refractivity contribution in [3.05, 3.63) is 0 Å². The predicted octanol–water partition coefficient (Wildman–Crippen LogP) is -0.0509. The van der Waals surface area contributed by atoms with E-state index in [0.29, 0.717) is 13.1 Å². The standard InChI is InChI=1S/C6H12N2O3S2.ClH/c7-1-2-8-5(9)3-12-13-4-6(10)11;/h1-4,7H2,(H,8,9)(H,10,11);1H. The first-order valence-corrected chi connectivity index (χ1v) is 6.08. The van der Waals surface area contributed by atoms with E-state index in [-0.39, 0.29) is 29.8 Å². The Hall–Kier alpha value is -0.110. The van der Waals surface area contributed by atoms with Crippen molar-refractivity contribution in [3.63, 3.8) is 0 Å². The number of hydrogen-bond donors (Lipinski definition) is 3. The normalized spacial score (nSPS) is 8.93. The highest BCUT2D eigenvalue weighted by Crippen LogP contribution is 2.19. The van der Waals surface area contributed by atoms with Gasteiger partial charge in [-0.05, 0) is 0 Å². The Kier molecular flexibility index (Phi) is 12.8. The van der Waals surface area contributed by atoms with Gasteiger partial charge in [0, 0.05) is 13.1 Å². The third-order valence-electron chi connectivity index (χ3n) is 0.922. The fraction of sp³-hybridized carbons (Fsp3) is 0.667. The first-order chi connectivity index (χ1) is 6.16. The van der Waals surface area contributed by atoms with Gasteiger partial charge in [0.25, 0.3) is 0 Å². The molecular weight excluding hydrogens is 248 g/mol. The number of carbonyl (C=O) groups is 2. The van der Waals surface area contributed by atoms with Crippen LogP contribution in [0.5, 0.6) is 0 Å². The lowest BCUT2D eigenvalue weighted by atomic mass is 10.6. The molecule has 0 saturated heterocycles. The van der Waals surface area contributed by atoms with Gasteiger partial charge >= 0.3 is 5.97 Å². The number of halogens is 1. The Bertz CT molecular complexity index is 182. The molecule has 0 bridgehead atoms. The molecule has 0 spiro atoms. The van der Waals surface area contributed by atoms with Gasteiger partial charge in [-0.15, -0.1) is 12.4 Å². The van der Waals surface area contributed by atoms with Crippen molar-refractivity contribution >= 4 is 45.9 Å². The number of hydrogen-bond acceptors (Lipinski definition) is 5. The van der Waals surface area contributed by atoms with Gasteiger partial charge in [-0.25, -0.2) is 0 Å². The van der Waals surface area contributed by atoms with E-state index in [9.17, 15) is 9.59 Å². The second-order valence-electron chi connectivity index (χ2n) is 2.06. The number of aliphatic carboxylic acids is 1. The Morgan fingerprint density at radius 3 is 2.36 bits per heavy atom. The van der Waals surface area contributed by atoms with Crippen LogP contribution in [0.1, 0.15) is 0 Å². The van der Waals surface area contributed by atoms with Crippen LogP contribution in [-0.4, -0.2) is 41.6 Å². The number of amides is 1. The highest BCUT2D eigenvalue weighted by atomic mass is 35.5. The summed E-state index contributed by atoms with van der Waals surface area (Å²) in [7, 11) is 2.37. The summed E-state index contributed by atoms with van der Waals surface area (Å²) in [6.07, 6.45) is 0. The molecule has 0 rings (SSSR count). The number of carbonyl (C=O) groups excluding carboxylic acids is 1. The number of carboxylic acids is 1. The van der Waals surface area contributed by atoms with Crippen LogP contribution >= 0.6 is 34.0 Å². The molecule has 8 heteroatoms. The summed E-state index contributed by atoms with van der Waals surface area (Å²) >= 11 is 0. The van der Waals surface area contributed by atoms with Crippen molar-refractivity contribution in [1.82, 2.24) is 5.32 Å². The first-order valence-electron chi connectivity index (χ1n) is 3.59. The molecule has 1 amide bonds. The highest BCUT2D eigenvalue weighted by molar-refractivity contribution is 8.77. The van der Waals surface area contributed by atoms with Crippen molar-refractivity contribution in [1.29, 1.82) is 0 Å². The van der Waals surface area contributed by atoms with E-state index in [2.05, 4.69) is 5.32 Å². The number of rotatable bonds is 7. The minimum Gasteiger partial charge on any atom is -0.481 e. The first kappa shape index (κ1) is 16.3. The predicted molar refractivity (Wildman–Crippen MR) is 61.9 cm³/mol. The van der Waals surface area contributed by atoms with Crippen LogP contribution in [0.3, 0.4) is 0 Å². The number of nitrogens with two attached hydrogens (primary N) is 1. The van der Waals surface area contributed by atoms with Crippen molar-refractivity contribution in [2.24, 2.45) is 5.73 Å². The molecule has 0 atom stereocenters. The van der Waals surface area contributed by atoms with Crippen LogP contribution in [-0.2, 0) is 9.59 Å². The largest absolute Gasteiger partial charge is 0.481 e. The van der Waals surface area contributed by atoms with E-state index >= 15 is 0 Å². The van der Waals surface area contributed by atoms with Crippen molar-refractivity contribution < 1.29 is 14.7 Å². The molecule has 14 heavy (non-hydrogen) atoms. The molecule has 0 unspecified atom stereocenters. The fourth-order valence-corrected chi connectivity index (χ4v) is 2.05. The lowest BCUT2D eigenvalue weighted by Gasteiger charge is -2.01. The Labute approximate surface area is 96.4 Å². The zero-order chi connectivity index (χ0) is 10.1. The van der Waals surface area contributed by atoms with E-state index in [1.165, 1.54) is 10.8 Å². The summed E-state index contributed by atoms with van der Waals surface area (Å²) < 4.78 is 0. The molecule has 5 nitrogen and oxygen atoms in total. The maximum atomic E-state index is 10.9. The Morgan fingerprint density at radius 1 is 1.29 bits per heavy atom. The molecule has 0 aromatic heterocycles. The topological polar surface area (TPSA) is 92.4 Å². The third-order valence-corrected chi connectivity index (χ3v) is 3.04. The summed E-state index contributed by atoms with van der Waals surface area (Å²) in [6, 6.07) is 0. The van der Waals surface area contributed by atoms with Gasteiger partial charge in [0.05, 0.1) is 5.75 Å². The number of carboxylic acid groups (broad SMARTS) is 1. The summed E-state index contributed by atoms with van der Waals surface area (Å²) in [6.45, 7) is 0.877. The van der Waals surface area contributed by atoms with Crippen molar-refractivity contribution in [2.75, 3.05) is 24.6 Å². The average molecular weight is 261 g/mol. The van der Waals surface area contributed by atoms with Crippen LogP contribution in [0, 0.1) is 0 Å². The van der Waals surface area contributed by atoms with Crippen LogP contribution < -0.4 is 11.1 Å². The van der Waals surface area contributed by atoms with E-state index < -0.39 is 5.97 Å². The van der Waals surface area contributed by atoms with Crippen LogP contribution in [0.25, 0.3) is 0 Å². The minimum atomic E-state index is -0.875. The monoisotopic (exact) mass is 260 g/mol. The molecule has 0 aliphatic carbocycles. The van der Waals surface area contributed by atoms with Gasteiger partial charge < -0.3 is 16.2 Å². The van der Waals surface area contributed by atoms with Crippen LogP contribution in [0.2, 0.25) is 0 Å². The molecule has 0 saturated carbocycles. The molecular formula is C6H13ClN2O3S2. The Balaban J connectivity index is 0. The fourth-order valence-electron chi connectivity index (χ4n) is 0.450. The molecule has 0 aliphatic heterocycles. The number of nitrogens with one attached hydrogen (secondary N) is 1. The highest BCUT2D eigenvalue weighted by Gasteiger charge is 2.02. The summed E-state index contributed by atoms with van der Waals surface area (Å²) in [5.74, 6) is -0.722. The SMILES string of the molecule is Cl.NCCNC(=O)CSSCC(=O)O. The second-order valence-corrected chi connectivity index (χ2v) is 4.52. The van der Waals surface area contributed by atoms with Gasteiger partial charge in [0.15, 0.2) is 0 Å². The van der Waals surface area contributed by atoms with Crippen LogP contribution in [0.4, 0.5) is 0 Å². The van der Waals surface area contributed by atoms with Gasteiger partial charge in [0.2, 0.25) is 5.91 Å². The smallest absolute Gasteiger partial charge is 0.314 e. The molecule has 4 N–H and O–H groups in total. The van der Waals surface area contributed by atoms with E-state index in [1.54, 1.807) is 0 Å². The van der Waals surface area contributed by atoms with Gasteiger partial charge in [-0.1, -0.05) is 21.6 Å². The molecule has 0 aliphatic rings. The molecule has 0 aromatic rings. The molecule has 0 aromatic carbocycles. The lowest BCUT2D eigenvalue weighted by Crippen LogP contribution is -2.30. The molecule has 0 heterocycles. The van der Waals surface area contributed by atoms with Gasteiger partial charge in [-0.3, -0.25) is 9.59 Å². The van der Waals surface area contributed by atoms with Crippen molar-refractivity contribution in [2.45, 2.75) is 0 Å². The molecule has 0 fully saturated rings. The Morgan fingerprint density at radius 2 is 1.86 bits per heavy atom. The lowest BCUT2D eigenvalue weighted by molar-refractivity contribution is -0.133. The zero-order valence-electron chi connectivity index (χ0n) is 7.39. The van der Waals surface area contributed by atoms with Gasteiger partial charge in [-0.2, -0.15) is 0 Å². The zero-order valence-corrected chi connectivity index (χ0v) is 9.84. The second kappa shape index (κ2) is 11.0. The van der Waals surface area contributed by atoms with Crippen molar-refractivity contribution in [3.8, 4) is 0 Å². The minimum absolute atomic E-state index is 0. The van der Waals surface area contributed by atoms with E-state index in [0.717, 1.165) is 10.8 Å². The van der Waals surface area contributed by atoms with Crippen LogP contribution in [0.15, 0.2) is 0 Å². The molecule has 84 valence electrons. The summed E-state index contributed by atoms with van der Waals surface area (Å²) in [5, 5.41) is 10.8. The van der Waals surface area contributed by atoms with E-state index in [1.807, 2.05) is 0 Å². The quantitative estimate of drug-likeness (QED) is 0.439. The maximum absolute atomic E-state index is 10.9. The summed E-state index contributed by atoms with van der Waals surface area (Å²) in [4.78, 5) is 21.0. The maximum Gasteiger partial charge on any atom is 0.314 e.